The van der Waals surface area contributed by atoms with Crippen molar-refractivity contribution in [2.45, 2.75) is 33.0 Å². The molecule has 3 rings (SSSR count). The first kappa shape index (κ1) is 24.7. The molecular weight excluding hydrogens is 611 g/mol. The van der Waals surface area contributed by atoms with Gasteiger partial charge in [0.05, 0.1) is 16.7 Å². The molecule has 0 fully saturated rings. The summed E-state index contributed by atoms with van der Waals surface area (Å²) >= 11 is 4.08. The van der Waals surface area contributed by atoms with Gasteiger partial charge in [-0.1, -0.05) is 65.1 Å². The third-order valence-electron chi connectivity index (χ3n) is 4.89. The van der Waals surface area contributed by atoms with Crippen molar-refractivity contribution in [3.8, 4) is 0 Å². The zero-order valence-electron chi connectivity index (χ0n) is 17.0. The summed E-state index contributed by atoms with van der Waals surface area (Å²) in [6.07, 6.45) is 0. The fourth-order valence-corrected chi connectivity index (χ4v) is 3.72. The molecule has 0 aliphatic rings. The molecule has 1 heterocycles. The number of aromatic nitrogens is 2. The van der Waals surface area contributed by atoms with E-state index in [1.54, 1.807) is 26.0 Å². The Morgan fingerprint density at radius 1 is 1.00 bits per heavy atom. The molecule has 0 bridgehead atoms. The van der Waals surface area contributed by atoms with Gasteiger partial charge in [0.2, 0.25) is 0 Å². The fraction of sp³-hybridized carbons (Fsp3) is 0.273. The molecule has 2 aromatic carbocycles. The van der Waals surface area contributed by atoms with Crippen molar-refractivity contribution in [2.24, 2.45) is 5.73 Å². The molecule has 8 heteroatoms. The van der Waals surface area contributed by atoms with Crippen molar-refractivity contribution < 1.29 is 4.39 Å². The molecule has 30 heavy (non-hydrogen) atoms. The molecule has 0 aliphatic carbocycles. The molecule has 0 radical (unpaired) electrons. The Hall–Kier alpha value is -1.53. The fourth-order valence-electron chi connectivity index (χ4n) is 3.14. The van der Waals surface area contributed by atoms with Gasteiger partial charge in [-0.25, -0.2) is 9.18 Å². The third-order valence-corrected chi connectivity index (χ3v) is 6.14. The first-order valence-electron chi connectivity index (χ1n) is 9.23. The number of halogens is 3. The lowest BCUT2D eigenvalue weighted by molar-refractivity contribution is 0.498. The summed E-state index contributed by atoms with van der Waals surface area (Å²) in [4.78, 5) is 27.8. The van der Waals surface area contributed by atoms with E-state index in [1.165, 1.54) is 10.6 Å². The molecular formula is C22H24FI2N3O2. The second-order valence-corrected chi connectivity index (χ2v) is 7.82. The zero-order chi connectivity index (χ0) is 22.4. The lowest BCUT2D eigenvalue weighted by atomic mass is 10.1. The predicted molar refractivity (Wildman–Crippen MR) is 136 cm³/mol. The van der Waals surface area contributed by atoms with E-state index in [0.717, 1.165) is 15.7 Å². The van der Waals surface area contributed by atoms with Crippen molar-refractivity contribution in [3.05, 3.63) is 101 Å². The summed E-state index contributed by atoms with van der Waals surface area (Å²) in [6.45, 7) is 3.60. The molecule has 0 saturated carbocycles. The van der Waals surface area contributed by atoms with Gasteiger partial charge in [-0.05, 0) is 58.6 Å². The topological polar surface area (TPSA) is 70.0 Å². The van der Waals surface area contributed by atoms with Crippen LogP contribution < -0.4 is 17.0 Å². The molecule has 1 aromatic heterocycles. The summed E-state index contributed by atoms with van der Waals surface area (Å²) in [5.41, 5.74) is 7.90. The molecule has 3 aromatic rings. The van der Waals surface area contributed by atoms with Crippen LogP contribution in [-0.2, 0) is 13.1 Å². The van der Waals surface area contributed by atoms with Crippen molar-refractivity contribution >= 4 is 45.2 Å². The standard InChI is InChI=1S/C21H21FIN3O2.CH3I/c1-13-7-6-10-17(22)16(13)11-25-14(2)19(23)20(27)26(21(25)28)12-18(24)15-8-4-3-5-9-15;1-2/h3-10,18H,11-12,24H2,1-2H3;1H3/t18-;/m0./s1. The van der Waals surface area contributed by atoms with Crippen LogP contribution in [0.25, 0.3) is 0 Å². The lowest BCUT2D eigenvalue weighted by Gasteiger charge is -2.19. The highest BCUT2D eigenvalue weighted by molar-refractivity contribution is 14.1. The van der Waals surface area contributed by atoms with Crippen LogP contribution >= 0.6 is 45.2 Å². The Kier molecular flexibility index (Phi) is 9.23. The molecule has 5 nitrogen and oxygen atoms in total. The monoisotopic (exact) mass is 635 g/mol. The predicted octanol–water partition coefficient (Wildman–Crippen LogP) is 4.17. The third kappa shape index (κ3) is 5.38. The second kappa shape index (κ2) is 11.2. The summed E-state index contributed by atoms with van der Waals surface area (Å²) in [6, 6.07) is 13.6. The van der Waals surface area contributed by atoms with Gasteiger partial charge in [-0.3, -0.25) is 13.9 Å². The Bertz CT molecular complexity index is 1110. The highest BCUT2D eigenvalue weighted by atomic mass is 127. The van der Waals surface area contributed by atoms with E-state index < -0.39 is 11.7 Å². The summed E-state index contributed by atoms with van der Waals surface area (Å²) in [7, 11) is 0. The van der Waals surface area contributed by atoms with Gasteiger partial charge in [0.15, 0.2) is 0 Å². The van der Waals surface area contributed by atoms with Crippen molar-refractivity contribution in [2.75, 3.05) is 4.93 Å². The Labute approximate surface area is 202 Å². The average molecular weight is 635 g/mol. The maximum Gasteiger partial charge on any atom is 0.331 e. The first-order valence-corrected chi connectivity index (χ1v) is 12.5. The molecule has 1 atom stereocenters. The van der Waals surface area contributed by atoms with Crippen LogP contribution in [-0.4, -0.2) is 14.1 Å². The van der Waals surface area contributed by atoms with Gasteiger partial charge < -0.3 is 5.73 Å². The molecule has 2 N–H and O–H groups in total. The van der Waals surface area contributed by atoms with Crippen molar-refractivity contribution in [3.63, 3.8) is 0 Å². The lowest BCUT2D eigenvalue weighted by Crippen LogP contribution is -2.44. The van der Waals surface area contributed by atoms with E-state index in [1.807, 2.05) is 57.9 Å². The van der Waals surface area contributed by atoms with Crippen LogP contribution in [0.15, 0.2) is 58.1 Å². The smallest absolute Gasteiger partial charge is 0.322 e. The quantitative estimate of drug-likeness (QED) is 0.339. The molecule has 0 aliphatic heterocycles. The normalized spacial score (nSPS) is 11.6. The number of benzene rings is 2. The minimum absolute atomic E-state index is 0.0498. The molecule has 0 amide bonds. The highest BCUT2D eigenvalue weighted by Gasteiger charge is 2.19. The van der Waals surface area contributed by atoms with E-state index in [2.05, 4.69) is 22.6 Å². The minimum atomic E-state index is -0.506. The van der Waals surface area contributed by atoms with Crippen LogP contribution in [0.3, 0.4) is 0 Å². The maximum atomic E-state index is 14.3. The number of nitrogens with two attached hydrogens (primary N) is 1. The number of alkyl halides is 1. The van der Waals surface area contributed by atoms with Gasteiger partial charge in [0.1, 0.15) is 5.82 Å². The van der Waals surface area contributed by atoms with Crippen molar-refractivity contribution in [1.82, 2.24) is 9.13 Å². The summed E-state index contributed by atoms with van der Waals surface area (Å²) in [5, 5.41) is 0. The van der Waals surface area contributed by atoms with Crippen LogP contribution in [0.4, 0.5) is 4.39 Å². The Morgan fingerprint density at radius 3 is 2.23 bits per heavy atom. The van der Waals surface area contributed by atoms with E-state index in [9.17, 15) is 14.0 Å². The molecule has 0 spiro atoms. The number of hydrogen-bond donors (Lipinski definition) is 1. The van der Waals surface area contributed by atoms with Gasteiger partial charge in [-0.15, -0.1) is 0 Å². The van der Waals surface area contributed by atoms with E-state index in [-0.39, 0.29) is 24.5 Å². The van der Waals surface area contributed by atoms with Crippen LogP contribution in [0.2, 0.25) is 0 Å². The van der Waals surface area contributed by atoms with Gasteiger partial charge in [-0.2, -0.15) is 0 Å². The first-order chi connectivity index (χ1) is 14.3. The largest absolute Gasteiger partial charge is 0.331 e. The number of nitrogens with zero attached hydrogens (tertiary/aromatic N) is 2. The van der Waals surface area contributed by atoms with Gasteiger partial charge in [0, 0.05) is 17.3 Å². The second-order valence-electron chi connectivity index (χ2n) is 6.74. The maximum absolute atomic E-state index is 14.3. The number of aryl methyl sites for hydroxylation is 1. The van der Waals surface area contributed by atoms with Gasteiger partial charge in [0.25, 0.3) is 5.56 Å². The summed E-state index contributed by atoms with van der Waals surface area (Å²) < 4.78 is 17.3. The van der Waals surface area contributed by atoms with Gasteiger partial charge >= 0.3 is 5.69 Å². The van der Waals surface area contributed by atoms with E-state index >= 15 is 0 Å². The number of rotatable bonds is 5. The Balaban J connectivity index is 0.00000155. The molecule has 160 valence electrons. The minimum Gasteiger partial charge on any atom is -0.322 e. The van der Waals surface area contributed by atoms with E-state index in [4.69, 9.17) is 5.73 Å². The number of hydrogen-bond acceptors (Lipinski definition) is 3. The highest BCUT2D eigenvalue weighted by Crippen LogP contribution is 2.16. The van der Waals surface area contributed by atoms with Crippen LogP contribution in [0, 0.1) is 23.2 Å². The SMILES string of the molecule is CI.Cc1cccc(F)c1Cn1c(C)c(I)c(=O)n(C[C@H](N)c2ccccc2)c1=O. The van der Waals surface area contributed by atoms with Crippen LogP contribution in [0.1, 0.15) is 28.4 Å². The molecule has 0 unspecified atom stereocenters. The average Bonchev–Trinajstić information content (AvgIpc) is 2.76. The zero-order valence-corrected chi connectivity index (χ0v) is 21.3. The van der Waals surface area contributed by atoms with E-state index in [0.29, 0.717) is 14.8 Å². The Morgan fingerprint density at radius 2 is 1.63 bits per heavy atom. The summed E-state index contributed by atoms with van der Waals surface area (Å²) in [5.74, 6) is -0.375. The van der Waals surface area contributed by atoms with Crippen LogP contribution in [0.5, 0.6) is 0 Å². The van der Waals surface area contributed by atoms with Crippen molar-refractivity contribution in [1.29, 1.82) is 0 Å². The molecule has 0 saturated heterocycles.